The van der Waals surface area contributed by atoms with Crippen LogP contribution >= 0.6 is 0 Å². The summed E-state index contributed by atoms with van der Waals surface area (Å²) in [6.07, 6.45) is 2.21. The van der Waals surface area contributed by atoms with Crippen molar-refractivity contribution in [2.24, 2.45) is 0 Å². The van der Waals surface area contributed by atoms with Gasteiger partial charge >= 0.3 is 12.1 Å². The van der Waals surface area contributed by atoms with Crippen LogP contribution in [0.4, 0.5) is 15.3 Å². The lowest BCUT2D eigenvalue weighted by Crippen LogP contribution is -2.45. The van der Waals surface area contributed by atoms with Crippen LogP contribution < -0.4 is 16.0 Å². The second-order valence-electron chi connectivity index (χ2n) is 9.56. The molecule has 3 N–H and O–H groups in total. The fraction of sp³-hybridized carbons (Fsp3) is 0.333. The van der Waals surface area contributed by atoms with Gasteiger partial charge in [0, 0.05) is 23.7 Å². The number of carbonyl (C=O) groups excluding carboxylic acids is 2. The zero-order chi connectivity index (χ0) is 25.5. The fourth-order valence-corrected chi connectivity index (χ4v) is 4.88. The number of amides is 3. The van der Waals surface area contributed by atoms with Gasteiger partial charge < -0.3 is 15.4 Å². The van der Waals surface area contributed by atoms with E-state index >= 15 is 0 Å². The van der Waals surface area contributed by atoms with Gasteiger partial charge in [-0.25, -0.2) is 9.59 Å². The van der Waals surface area contributed by atoms with E-state index in [9.17, 15) is 9.59 Å². The number of carbonyl (C=O) groups is 2. The Morgan fingerprint density at radius 1 is 0.833 bits per heavy atom. The zero-order valence-corrected chi connectivity index (χ0v) is 21.2. The van der Waals surface area contributed by atoms with Gasteiger partial charge in [0.2, 0.25) is 0 Å². The van der Waals surface area contributed by atoms with Crippen molar-refractivity contribution in [3.63, 3.8) is 0 Å². The van der Waals surface area contributed by atoms with E-state index in [0.717, 1.165) is 18.4 Å². The van der Waals surface area contributed by atoms with Crippen molar-refractivity contribution in [3.05, 3.63) is 89.5 Å². The number of fused-ring (bicyclic) bond motifs is 3. The average molecular weight is 486 g/mol. The summed E-state index contributed by atoms with van der Waals surface area (Å²) < 4.78 is 5.63. The van der Waals surface area contributed by atoms with Gasteiger partial charge in [0.1, 0.15) is 6.61 Å². The maximum Gasteiger partial charge on any atom is 0.411 e. The number of hydrogen-bond donors (Lipinski definition) is 3. The first kappa shape index (κ1) is 25.3. The summed E-state index contributed by atoms with van der Waals surface area (Å²) in [6.45, 7) is 6.37. The molecule has 6 heteroatoms. The van der Waals surface area contributed by atoms with Crippen molar-refractivity contribution < 1.29 is 14.3 Å². The number of nitrogens with one attached hydrogen (secondary N) is 3. The van der Waals surface area contributed by atoms with E-state index in [1.165, 1.54) is 22.3 Å². The van der Waals surface area contributed by atoms with E-state index in [1.807, 2.05) is 62.4 Å². The molecule has 0 aromatic heterocycles. The number of rotatable bonds is 9. The summed E-state index contributed by atoms with van der Waals surface area (Å²) in [7, 11) is 0. The van der Waals surface area contributed by atoms with Crippen molar-refractivity contribution in [1.29, 1.82) is 0 Å². The molecule has 0 radical (unpaired) electrons. The first-order valence-electron chi connectivity index (χ1n) is 12.7. The van der Waals surface area contributed by atoms with Crippen LogP contribution in [0, 0.1) is 0 Å². The Morgan fingerprint density at radius 3 is 2.03 bits per heavy atom. The summed E-state index contributed by atoms with van der Waals surface area (Å²) >= 11 is 0. The van der Waals surface area contributed by atoms with Gasteiger partial charge in [0.25, 0.3) is 0 Å². The molecule has 6 nitrogen and oxygen atoms in total. The second kappa shape index (κ2) is 11.8. The number of benzene rings is 3. The molecular formula is C30H35N3O3. The molecule has 3 amide bonds. The maximum atomic E-state index is 12.5. The molecule has 3 aromatic rings. The van der Waals surface area contributed by atoms with Gasteiger partial charge in [-0.2, -0.15) is 0 Å². The Bertz CT molecular complexity index is 1150. The molecule has 36 heavy (non-hydrogen) atoms. The molecule has 0 saturated carbocycles. The Hall–Kier alpha value is -3.80. The Balaban J connectivity index is 1.27. The minimum Gasteiger partial charge on any atom is -0.448 e. The Morgan fingerprint density at radius 2 is 1.42 bits per heavy atom. The third-order valence-electron chi connectivity index (χ3n) is 6.56. The predicted molar refractivity (Wildman–Crippen MR) is 144 cm³/mol. The molecule has 0 bridgehead atoms. The monoisotopic (exact) mass is 485 g/mol. The summed E-state index contributed by atoms with van der Waals surface area (Å²) in [4.78, 5) is 24.6. The first-order valence-corrected chi connectivity index (χ1v) is 12.7. The van der Waals surface area contributed by atoms with E-state index in [1.54, 1.807) is 0 Å². The van der Waals surface area contributed by atoms with Gasteiger partial charge in [-0.05, 0) is 66.6 Å². The van der Waals surface area contributed by atoms with Crippen molar-refractivity contribution in [3.8, 4) is 11.1 Å². The molecule has 1 aliphatic carbocycles. The van der Waals surface area contributed by atoms with E-state index in [2.05, 4.69) is 47.1 Å². The molecule has 0 unspecified atom stereocenters. The van der Waals surface area contributed by atoms with Crippen LogP contribution in [0.25, 0.3) is 11.1 Å². The molecule has 0 fully saturated rings. The van der Waals surface area contributed by atoms with Crippen LogP contribution in [0.3, 0.4) is 0 Å². The number of hydrogen-bond acceptors (Lipinski definition) is 3. The normalized spacial score (nSPS) is 13.8. The standard InChI is InChI=1S/C30H35N3O3/c1-4-9-20(2)31-29(34)32-21(3)18-22-14-16-23(17-15-22)33-30(35)36-19-28-26-12-7-5-10-24(26)25-11-6-8-13-27(25)28/h5-8,10-17,20-21,28H,4,9,18-19H2,1-3H3,(H,33,35)(H2,31,32,34)/t20-,21-/m1/s1. The quantitative estimate of drug-likeness (QED) is 0.325. The fourth-order valence-electron chi connectivity index (χ4n) is 4.88. The lowest BCUT2D eigenvalue weighted by atomic mass is 9.98. The van der Waals surface area contributed by atoms with Crippen LogP contribution in [0.1, 0.15) is 56.2 Å². The average Bonchev–Trinajstić information content (AvgIpc) is 3.17. The van der Waals surface area contributed by atoms with Crippen LogP contribution in [0.5, 0.6) is 0 Å². The third kappa shape index (κ3) is 6.25. The molecule has 0 aliphatic heterocycles. The molecule has 0 heterocycles. The minimum absolute atomic E-state index is 0.0141. The van der Waals surface area contributed by atoms with Crippen molar-refractivity contribution in [2.75, 3.05) is 11.9 Å². The topological polar surface area (TPSA) is 79.5 Å². The maximum absolute atomic E-state index is 12.5. The summed E-state index contributed by atoms with van der Waals surface area (Å²) in [5.74, 6) is 0.0293. The van der Waals surface area contributed by atoms with Gasteiger partial charge in [-0.1, -0.05) is 74.0 Å². The van der Waals surface area contributed by atoms with E-state index in [0.29, 0.717) is 12.1 Å². The lowest BCUT2D eigenvalue weighted by Gasteiger charge is -2.18. The largest absolute Gasteiger partial charge is 0.448 e. The van der Waals surface area contributed by atoms with E-state index in [-0.39, 0.29) is 30.6 Å². The summed E-state index contributed by atoms with van der Waals surface area (Å²) in [5.41, 5.74) is 6.52. The Labute approximate surface area is 213 Å². The second-order valence-corrected chi connectivity index (χ2v) is 9.56. The van der Waals surface area contributed by atoms with Crippen LogP contribution in [-0.2, 0) is 11.2 Å². The predicted octanol–water partition coefficient (Wildman–Crippen LogP) is 6.47. The molecular weight excluding hydrogens is 450 g/mol. The molecule has 188 valence electrons. The highest BCUT2D eigenvalue weighted by atomic mass is 16.5. The minimum atomic E-state index is -0.475. The van der Waals surface area contributed by atoms with Gasteiger partial charge in [-0.3, -0.25) is 5.32 Å². The van der Waals surface area contributed by atoms with Crippen LogP contribution in [0.15, 0.2) is 72.8 Å². The molecule has 2 atom stereocenters. The van der Waals surface area contributed by atoms with E-state index < -0.39 is 6.09 Å². The molecule has 0 saturated heterocycles. The highest BCUT2D eigenvalue weighted by Gasteiger charge is 2.29. The van der Waals surface area contributed by atoms with Gasteiger partial charge in [0.05, 0.1) is 0 Å². The Kier molecular flexibility index (Phi) is 8.26. The SMILES string of the molecule is CCC[C@@H](C)NC(=O)N[C@H](C)Cc1ccc(NC(=O)OCC2c3ccccc3-c3ccccc32)cc1. The van der Waals surface area contributed by atoms with Crippen molar-refractivity contribution in [2.45, 2.75) is 58.0 Å². The molecule has 1 aliphatic rings. The third-order valence-corrected chi connectivity index (χ3v) is 6.56. The summed E-state index contributed by atoms with van der Waals surface area (Å²) in [5, 5.41) is 8.76. The number of anilines is 1. The van der Waals surface area contributed by atoms with Crippen LogP contribution in [-0.4, -0.2) is 30.8 Å². The lowest BCUT2D eigenvalue weighted by molar-refractivity contribution is 0.158. The molecule has 4 rings (SSSR count). The number of ether oxygens (including phenoxy) is 1. The molecule has 3 aromatic carbocycles. The highest BCUT2D eigenvalue weighted by Crippen LogP contribution is 2.44. The molecule has 0 spiro atoms. The van der Waals surface area contributed by atoms with Gasteiger partial charge in [0.15, 0.2) is 0 Å². The first-order chi connectivity index (χ1) is 17.4. The number of urea groups is 1. The summed E-state index contributed by atoms with van der Waals surface area (Å²) in [6, 6.07) is 24.2. The van der Waals surface area contributed by atoms with Crippen molar-refractivity contribution in [1.82, 2.24) is 10.6 Å². The highest BCUT2D eigenvalue weighted by molar-refractivity contribution is 5.85. The van der Waals surface area contributed by atoms with Crippen molar-refractivity contribution >= 4 is 17.8 Å². The van der Waals surface area contributed by atoms with Gasteiger partial charge in [-0.15, -0.1) is 0 Å². The van der Waals surface area contributed by atoms with E-state index in [4.69, 9.17) is 4.74 Å². The van der Waals surface area contributed by atoms with Crippen LogP contribution in [0.2, 0.25) is 0 Å². The smallest absolute Gasteiger partial charge is 0.411 e. The zero-order valence-electron chi connectivity index (χ0n) is 21.2.